The van der Waals surface area contributed by atoms with Crippen molar-refractivity contribution in [3.05, 3.63) is 24.3 Å². The molecule has 2 saturated carbocycles. The predicted molar refractivity (Wildman–Crippen MR) is 85.8 cm³/mol. The second-order valence-corrected chi connectivity index (χ2v) is 6.62. The van der Waals surface area contributed by atoms with Crippen molar-refractivity contribution in [3.63, 3.8) is 0 Å². The highest BCUT2D eigenvalue weighted by atomic mass is 16.5. The zero-order valence-electron chi connectivity index (χ0n) is 13.0. The molecule has 2 fully saturated rings. The maximum Gasteiger partial charge on any atom is 0.141 e. The molecule has 0 radical (unpaired) electrons. The largest absolute Gasteiger partial charge is 0.495 e. The fourth-order valence-electron chi connectivity index (χ4n) is 4.25. The van der Waals surface area contributed by atoms with E-state index < -0.39 is 5.60 Å². The average Bonchev–Trinajstić information content (AvgIpc) is 2.70. The SMILES string of the molecule is COc1ccccc1NC1CCCC2CCCCCC21O. The second-order valence-electron chi connectivity index (χ2n) is 6.62. The molecule has 21 heavy (non-hydrogen) atoms. The first-order chi connectivity index (χ1) is 10.2. The van der Waals surface area contributed by atoms with Gasteiger partial charge in [0.15, 0.2) is 0 Å². The van der Waals surface area contributed by atoms with Crippen LogP contribution in [-0.2, 0) is 0 Å². The third-order valence-corrected chi connectivity index (χ3v) is 5.42. The molecule has 0 aliphatic heterocycles. The molecule has 3 rings (SSSR count). The van der Waals surface area contributed by atoms with Crippen molar-refractivity contribution in [2.24, 2.45) is 5.92 Å². The third-order valence-electron chi connectivity index (χ3n) is 5.42. The van der Waals surface area contributed by atoms with Gasteiger partial charge in [-0.25, -0.2) is 0 Å². The van der Waals surface area contributed by atoms with Crippen LogP contribution >= 0.6 is 0 Å². The summed E-state index contributed by atoms with van der Waals surface area (Å²) in [6, 6.07) is 8.16. The molecule has 2 aliphatic rings. The molecular formula is C18H27NO2. The van der Waals surface area contributed by atoms with Crippen LogP contribution in [0.1, 0.15) is 51.4 Å². The number of hydrogen-bond acceptors (Lipinski definition) is 3. The van der Waals surface area contributed by atoms with E-state index in [4.69, 9.17) is 4.74 Å². The standard InChI is InChI=1S/C18H27NO2/c1-21-16-11-5-4-10-15(16)19-17-12-7-9-14-8-3-2-6-13-18(14,17)20/h4-5,10-11,14,17,19-20H,2-3,6-9,12-13H2,1H3. The van der Waals surface area contributed by atoms with Gasteiger partial charge in [0.25, 0.3) is 0 Å². The van der Waals surface area contributed by atoms with Crippen molar-refractivity contribution in [1.29, 1.82) is 0 Å². The number of benzene rings is 1. The van der Waals surface area contributed by atoms with Crippen molar-refractivity contribution in [3.8, 4) is 5.75 Å². The van der Waals surface area contributed by atoms with E-state index >= 15 is 0 Å². The first kappa shape index (κ1) is 14.7. The fourth-order valence-corrected chi connectivity index (χ4v) is 4.25. The number of fused-ring (bicyclic) bond motifs is 1. The van der Waals surface area contributed by atoms with Gasteiger partial charge in [0.05, 0.1) is 24.4 Å². The van der Waals surface area contributed by atoms with Crippen molar-refractivity contribution >= 4 is 5.69 Å². The first-order valence-corrected chi connectivity index (χ1v) is 8.36. The van der Waals surface area contributed by atoms with E-state index in [2.05, 4.69) is 5.32 Å². The second kappa shape index (κ2) is 6.27. The highest BCUT2D eigenvalue weighted by Gasteiger charge is 2.46. The van der Waals surface area contributed by atoms with Gasteiger partial charge in [0.1, 0.15) is 5.75 Å². The molecule has 0 heterocycles. The lowest BCUT2D eigenvalue weighted by atomic mass is 9.69. The molecule has 1 aromatic rings. The molecule has 2 N–H and O–H groups in total. The van der Waals surface area contributed by atoms with Crippen molar-refractivity contribution in [2.45, 2.75) is 63.0 Å². The minimum atomic E-state index is -0.546. The molecule has 0 amide bonds. The number of methoxy groups -OCH3 is 1. The van der Waals surface area contributed by atoms with Gasteiger partial charge < -0.3 is 15.2 Å². The zero-order valence-corrected chi connectivity index (χ0v) is 13.0. The summed E-state index contributed by atoms with van der Waals surface area (Å²) < 4.78 is 5.44. The van der Waals surface area contributed by atoms with Gasteiger partial charge in [-0.05, 0) is 43.7 Å². The van der Waals surface area contributed by atoms with Crippen LogP contribution in [0.4, 0.5) is 5.69 Å². The lowest BCUT2D eigenvalue weighted by Gasteiger charge is -2.46. The Morgan fingerprint density at radius 2 is 1.90 bits per heavy atom. The normalized spacial score (nSPS) is 32.9. The lowest BCUT2D eigenvalue weighted by molar-refractivity contribution is -0.0628. The summed E-state index contributed by atoms with van der Waals surface area (Å²) in [6.45, 7) is 0. The quantitative estimate of drug-likeness (QED) is 0.884. The molecule has 3 nitrogen and oxygen atoms in total. The van der Waals surface area contributed by atoms with Gasteiger partial charge in [-0.1, -0.05) is 37.8 Å². The Bertz CT molecular complexity index is 476. The molecule has 3 atom stereocenters. The van der Waals surface area contributed by atoms with Gasteiger partial charge in [-0.2, -0.15) is 0 Å². The van der Waals surface area contributed by atoms with Gasteiger partial charge in [0, 0.05) is 0 Å². The van der Waals surface area contributed by atoms with Crippen molar-refractivity contribution < 1.29 is 9.84 Å². The van der Waals surface area contributed by atoms with E-state index in [1.807, 2.05) is 24.3 Å². The summed E-state index contributed by atoms with van der Waals surface area (Å²) in [5.74, 6) is 1.32. The van der Waals surface area contributed by atoms with Crippen LogP contribution in [0, 0.1) is 5.92 Å². The third kappa shape index (κ3) is 2.89. The number of para-hydroxylation sites is 2. The van der Waals surface area contributed by atoms with E-state index in [1.54, 1.807) is 7.11 Å². The van der Waals surface area contributed by atoms with E-state index in [-0.39, 0.29) is 6.04 Å². The Labute approximate surface area is 127 Å². The van der Waals surface area contributed by atoms with Gasteiger partial charge in [0.2, 0.25) is 0 Å². The monoisotopic (exact) mass is 289 g/mol. The maximum atomic E-state index is 11.4. The Balaban J connectivity index is 1.82. The molecule has 3 unspecified atom stereocenters. The minimum Gasteiger partial charge on any atom is -0.495 e. The number of ether oxygens (including phenoxy) is 1. The fraction of sp³-hybridized carbons (Fsp3) is 0.667. The molecule has 2 aliphatic carbocycles. The summed E-state index contributed by atoms with van der Waals surface area (Å²) in [7, 11) is 1.70. The summed E-state index contributed by atoms with van der Waals surface area (Å²) in [5, 5.41) is 14.9. The van der Waals surface area contributed by atoms with Crippen LogP contribution < -0.4 is 10.1 Å². The molecule has 0 saturated heterocycles. The van der Waals surface area contributed by atoms with Crippen LogP contribution in [0.5, 0.6) is 5.75 Å². The highest BCUT2D eigenvalue weighted by molar-refractivity contribution is 5.57. The predicted octanol–water partition coefficient (Wildman–Crippen LogP) is 3.97. The van der Waals surface area contributed by atoms with E-state index in [0.29, 0.717) is 5.92 Å². The number of nitrogens with one attached hydrogen (secondary N) is 1. The van der Waals surface area contributed by atoms with Crippen molar-refractivity contribution in [1.82, 2.24) is 0 Å². The number of rotatable bonds is 3. The van der Waals surface area contributed by atoms with Crippen molar-refractivity contribution in [2.75, 3.05) is 12.4 Å². The van der Waals surface area contributed by atoms with E-state index in [1.165, 1.54) is 32.1 Å². The Hall–Kier alpha value is -1.22. The van der Waals surface area contributed by atoms with Gasteiger partial charge in [-0.3, -0.25) is 0 Å². The van der Waals surface area contributed by atoms with Gasteiger partial charge in [-0.15, -0.1) is 0 Å². The van der Waals surface area contributed by atoms with Crippen LogP contribution in [0.2, 0.25) is 0 Å². The summed E-state index contributed by atoms with van der Waals surface area (Å²) in [5.41, 5.74) is 0.457. The number of aliphatic hydroxyl groups is 1. The van der Waals surface area contributed by atoms with E-state index in [0.717, 1.165) is 30.7 Å². The molecular weight excluding hydrogens is 262 g/mol. The van der Waals surface area contributed by atoms with Crippen LogP contribution in [-0.4, -0.2) is 23.9 Å². The van der Waals surface area contributed by atoms with Gasteiger partial charge >= 0.3 is 0 Å². The topological polar surface area (TPSA) is 41.5 Å². The number of anilines is 1. The molecule has 0 spiro atoms. The zero-order chi connectivity index (χ0) is 14.7. The summed E-state index contributed by atoms with van der Waals surface area (Å²) in [6.07, 6.45) is 9.24. The Morgan fingerprint density at radius 3 is 2.76 bits per heavy atom. The molecule has 0 bridgehead atoms. The van der Waals surface area contributed by atoms with E-state index in [9.17, 15) is 5.11 Å². The summed E-state index contributed by atoms with van der Waals surface area (Å²) in [4.78, 5) is 0. The lowest BCUT2D eigenvalue weighted by Crippen LogP contribution is -2.54. The minimum absolute atomic E-state index is 0.144. The Morgan fingerprint density at radius 1 is 1.10 bits per heavy atom. The summed E-state index contributed by atoms with van der Waals surface area (Å²) >= 11 is 0. The first-order valence-electron chi connectivity index (χ1n) is 8.36. The maximum absolute atomic E-state index is 11.4. The van der Waals surface area contributed by atoms with Crippen LogP contribution in [0.15, 0.2) is 24.3 Å². The molecule has 1 aromatic carbocycles. The molecule has 0 aromatic heterocycles. The molecule has 3 heteroatoms. The van der Waals surface area contributed by atoms with Crippen LogP contribution in [0.3, 0.4) is 0 Å². The Kier molecular flexibility index (Phi) is 4.39. The highest BCUT2D eigenvalue weighted by Crippen LogP contribution is 2.44. The van der Waals surface area contributed by atoms with Crippen LogP contribution in [0.25, 0.3) is 0 Å². The number of hydrogen-bond donors (Lipinski definition) is 2. The molecule has 116 valence electrons. The smallest absolute Gasteiger partial charge is 0.141 e. The average molecular weight is 289 g/mol.